The Hall–Kier alpha value is -0.790. The van der Waals surface area contributed by atoms with Crippen molar-refractivity contribution < 1.29 is 23.0 Å². The summed E-state index contributed by atoms with van der Waals surface area (Å²) in [7, 11) is 0. The zero-order valence-corrected chi connectivity index (χ0v) is 12.8. The number of hydrogen-bond donors (Lipinski definition) is 2. The first-order valence-corrected chi connectivity index (χ1v) is 6.76. The topological polar surface area (TPSA) is 41.5 Å². The molecule has 0 heterocycles. The first kappa shape index (κ1) is 17.3. The lowest BCUT2D eigenvalue weighted by Crippen LogP contribution is -2.42. The molecule has 20 heavy (non-hydrogen) atoms. The van der Waals surface area contributed by atoms with Gasteiger partial charge in [-0.15, -0.1) is 0 Å². The van der Waals surface area contributed by atoms with Gasteiger partial charge in [-0.1, -0.05) is 6.07 Å². The molecule has 0 atom stereocenters. The molecule has 1 aromatic carbocycles. The highest BCUT2D eigenvalue weighted by Crippen LogP contribution is 2.28. The smallest absolute Gasteiger partial charge is 0.422 e. The Bertz CT molecular complexity index is 450. The fourth-order valence-corrected chi connectivity index (χ4v) is 1.69. The molecule has 114 valence electrons. The first-order chi connectivity index (χ1) is 9.13. The summed E-state index contributed by atoms with van der Waals surface area (Å²) < 4.78 is 41.6. The molecule has 0 amide bonds. The van der Waals surface area contributed by atoms with Crippen LogP contribution in [0.4, 0.5) is 13.2 Å². The highest BCUT2D eigenvalue weighted by molar-refractivity contribution is 9.10. The van der Waals surface area contributed by atoms with Crippen LogP contribution >= 0.6 is 15.9 Å². The summed E-state index contributed by atoms with van der Waals surface area (Å²) in [5.74, 6) is 0.142. The van der Waals surface area contributed by atoms with E-state index in [0.29, 0.717) is 11.0 Å². The normalized spacial score (nSPS) is 12.6. The molecule has 0 spiro atoms. The molecule has 0 radical (unpaired) electrons. The third kappa shape index (κ3) is 6.11. The van der Waals surface area contributed by atoms with Gasteiger partial charge in [0.25, 0.3) is 0 Å². The molecule has 1 aromatic rings. The van der Waals surface area contributed by atoms with Gasteiger partial charge >= 0.3 is 6.18 Å². The molecule has 2 N–H and O–H groups in total. The van der Waals surface area contributed by atoms with E-state index in [1.807, 2.05) is 13.8 Å². The number of halogens is 4. The Kier molecular flexibility index (Phi) is 5.85. The number of nitrogens with one attached hydrogen (secondary N) is 1. The van der Waals surface area contributed by atoms with Gasteiger partial charge in [0.05, 0.1) is 11.1 Å². The Morgan fingerprint density at radius 3 is 2.50 bits per heavy atom. The van der Waals surface area contributed by atoms with E-state index in [2.05, 4.69) is 21.2 Å². The lowest BCUT2D eigenvalue weighted by molar-refractivity contribution is -0.153. The van der Waals surface area contributed by atoms with Crippen molar-refractivity contribution in [2.75, 3.05) is 13.2 Å². The summed E-state index contributed by atoms with van der Waals surface area (Å²) in [6.07, 6.45) is -4.37. The Balaban J connectivity index is 2.71. The third-order valence-electron chi connectivity index (χ3n) is 2.55. The van der Waals surface area contributed by atoms with Gasteiger partial charge in [0.15, 0.2) is 6.61 Å². The fraction of sp³-hybridized carbons (Fsp3) is 0.538. The van der Waals surface area contributed by atoms with E-state index in [4.69, 9.17) is 9.84 Å². The van der Waals surface area contributed by atoms with Gasteiger partial charge in [0.1, 0.15) is 5.75 Å². The van der Waals surface area contributed by atoms with E-state index in [1.54, 1.807) is 12.1 Å². The molecule has 7 heteroatoms. The zero-order chi connectivity index (χ0) is 15.4. The Morgan fingerprint density at radius 2 is 1.95 bits per heavy atom. The van der Waals surface area contributed by atoms with Gasteiger partial charge in [-0.3, -0.25) is 0 Å². The van der Waals surface area contributed by atoms with Crippen LogP contribution in [0.25, 0.3) is 0 Å². The van der Waals surface area contributed by atoms with E-state index < -0.39 is 18.3 Å². The number of benzene rings is 1. The van der Waals surface area contributed by atoms with Crippen LogP contribution in [0.5, 0.6) is 5.75 Å². The maximum Gasteiger partial charge on any atom is 0.422 e. The number of alkyl halides is 3. The van der Waals surface area contributed by atoms with Crippen LogP contribution in [0.2, 0.25) is 0 Å². The molecule has 0 aliphatic carbocycles. The van der Waals surface area contributed by atoms with Crippen LogP contribution in [-0.2, 0) is 6.54 Å². The Morgan fingerprint density at radius 1 is 1.30 bits per heavy atom. The SMILES string of the molecule is CC(C)(CO)NCc1ccc(Br)c(OCC(F)(F)F)c1. The van der Waals surface area contributed by atoms with E-state index in [-0.39, 0.29) is 12.4 Å². The standard InChI is InChI=1S/C13H17BrF3NO2/c1-12(2,7-19)18-6-9-3-4-10(14)11(5-9)20-8-13(15,16)17/h3-5,18-19H,6-8H2,1-2H3. The third-order valence-corrected chi connectivity index (χ3v) is 3.21. The van der Waals surface area contributed by atoms with Crippen molar-refractivity contribution in [1.82, 2.24) is 5.32 Å². The molecule has 0 unspecified atom stereocenters. The summed E-state index contributed by atoms with van der Waals surface area (Å²) in [6.45, 7) is 2.70. The predicted molar refractivity (Wildman–Crippen MR) is 73.7 cm³/mol. The van der Waals surface area contributed by atoms with E-state index >= 15 is 0 Å². The van der Waals surface area contributed by atoms with E-state index in [1.165, 1.54) is 6.07 Å². The number of hydrogen-bond acceptors (Lipinski definition) is 3. The van der Waals surface area contributed by atoms with Gasteiger partial charge in [-0.25, -0.2) is 0 Å². The van der Waals surface area contributed by atoms with Crippen LogP contribution in [0, 0.1) is 0 Å². The molecule has 3 nitrogen and oxygen atoms in total. The van der Waals surface area contributed by atoms with Crippen molar-refractivity contribution in [3.05, 3.63) is 28.2 Å². The van der Waals surface area contributed by atoms with Gasteiger partial charge in [-0.2, -0.15) is 13.2 Å². The van der Waals surface area contributed by atoms with Crippen molar-refractivity contribution in [2.24, 2.45) is 0 Å². The Labute approximate surface area is 124 Å². The van der Waals surface area contributed by atoms with Crippen LogP contribution in [0.1, 0.15) is 19.4 Å². The van der Waals surface area contributed by atoms with Gasteiger partial charge in [0, 0.05) is 12.1 Å². The summed E-state index contributed by atoms with van der Waals surface area (Å²) in [4.78, 5) is 0. The molecule has 0 saturated heterocycles. The van der Waals surface area contributed by atoms with Gasteiger partial charge in [-0.05, 0) is 47.5 Å². The monoisotopic (exact) mass is 355 g/mol. The summed E-state index contributed by atoms with van der Waals surface area (Å²) in [6, 6.07) is 4.94. The maximum atomic E-state index is 12.1. The van der Waals surface area contributed by atoms with E-state index in [9.17, 15) is 13.2 Å². The van der Waals surface area contributed by atoms with Crippen LogP contribution in [-0.4, -0.2) is 30.0 Å². The van der Waals surface area contributed by atoms with Crippen LogP contribution in [0.3, 0.4) is 0 Å². The van der Waals surface area contributed by atoms with Crippen LogP contribution < -0.4 is 10.1 Å². The second-order valence-electron chi connectivity index (χ2n) is 5.06. The average Bonchev–Trinajstić information content (AvgIpc) is 2.35. The number of ether oxygens (including phenoxy) is 1. The number of aliphatic hydroxyl groups excluding tert-OH is 1. The molecule has 0 bridgehead atoms. The minimum atomic E-state index is -4.37. The highest BCUT2D eigenvalue weighted by atomic mass is 79.9. The lowest BCUT2D eigenvalue weighted by Gasteiger charge is -2.23. The summed E-state index contributed by atoms with van der Waals surface area (Å²) >= 11 is 3.15. The quantitative estimate of drug-likeness (QED) is 0.822. The van der Waals surface area contributed by atoms with E-state index in [0.717, 1.165) is 5.56 Å². The predicted octanol–water partition coefficient (Wildman–Crippen LogP) is 3.25. The van der Waals surface area contributed by atoms with Crippen LogP contribution in [0.15, 0.2) is 22.7 Å². The molecule has 0 saturated carbocycles. The second kappa shape index (κ2) is 6.78. The van der Waals surface area contributed by atoms with Crippen molar-refractivity contribution >= 4 is 15.9 Å². The molecule has 0 aliphatic heterocycles. The zero-order valence-electron chi connectivity index (χ0n) is 11.2. The average molecular weight is 356 g/mol. The minimum Gasteiger partial charge on any atom is -0.483 e. The number of aliphatic hydroxyl groups is 1. The molecule has 0 fully saturated rings. The summed E-state index contributed by atoms with van der Waals surface area (Å²) in [5.41, 5.74) is 0.312. The fourth-order valence-electron chi connectivity index (χ4n) is 1.33. The second-order valence-corrected chi connectivity index (χ2v) is 5.92. The highest BCUT2D eigenvalue weighted by Gasteiger charge is 2.28. The maximum absolute atomic E-state index is 12.1. The largest absolute Gasteiger partial charge is 0.483 e. The van der Waals surface area contributed by atoms with Crippen molar-refractivity contribution in [2.45, 2.75) is 32.1 Å². The lowest BCUT2D eigenvalue weighted by atomic mass is 10.1. The molecule has 0 aromatic heterocycles. The molecular weight excluding hydrogens is 339 g/mol. The minimum absolute atomic E-state index is 0.0407. The van der Waals surface area contributed by atoms with Crippen molar-refractivity contribution in [3.8, 4) is 5.75 Å². The van der Waals surface area contributed by atoms with Gasteiger partial charge in [0.2, 0.25) is 0 Å². The van der Waals surface area contributed by atoms with Gasteiger partial charge < -0.3 is 15.2 Å². The molecule has 0 aliphatic rings. The molecular formula is C13H17BrF3NO2. The number of rotatable bonds is 6. The summed E-state index contributed by atoms with van der Waals surface area (Å²) in [5, 5.41) is 12.2. The van der Waals surface area contributed by atoms with Crippen molar-refractivity contribution in [3.63, 3.8) is 0 Å². The van der Waals surface area contributed by atoms with Crippen molar-refractivity contribution in [1.29, 1.82) is 0 Å². The first-order valence-electron chi connectivity index (χ1n) is 5.97. The molecule has 1 rings (SSSR count).